The molecule has 7 nitrogen and oxygen atoms in total. The number of nitrogens with one attached hydrogen (secondary N) is 3. The van der Waals surface area contributed by atoms with Crippen molar-refractivity contribution < 1.29 is 22.7 Å². The molecule has 1 aromatic heterocycles. The molecular formula is C13H19F3N4O3. The van der Waals surface area contributed by atoms with E-state index in [0.717, 1.165) is 6.20 Å². The summed E-state index contributed by atoms with van der Waals surface area (Å²) in [5, 5.41) is 10.1. The van der Waals surface area contributed by atoms with Crippen LogP contribution < -0.4 is 16.2 Å². The third kappa shape index (κ3) is 5.23. The summed E-state index contributed by atoms with van der Waals surface area (Å²) in [6.07, 6.45) is -3.96. The minimum atomic E-state index is -4.79. The number of alkyl halides is 3. The third-order valence-electron chi connectivity index (χ3n) is 2.87. The fraction of sp³-hybridized carbons (Fsp3) is 0.615. The molecule has 2 rings (SSSR count). The summed E-state index contributed by atoms with van der Waals surface area (Å²) in [5.74, 6) is -0.233. The molecule has 0 aliphatic carbocycles. The van der Waals surface area contributed by atoms with E-state index in [0.29, 0.717) is 13.0 Å². The van der Waals surface area contributed by atoms with E-state index in [-0.39, 0.29) is 19.1 Å². The molecule has 1 saturated heterocycles. The quantitative estimate of drug-likeness (QED) is 0.701. The van der Waals surface area contributed by atoms with Gasteiger partial charge in [-0.25, -0.2) is 5.10 Å². The number of aromatic nitrogens is 2. The summed E-state index contributed by atoms with van der Waals surface area (Å²) in [4.78, 5) is 22.4. The van der Waals surface area contributed by atoms with Crippen molar-refractivity contribution in [3.8, 4) is 0 Å². The van der Waals surface area contributed by atoms with E-state index in [1.54, 1.807) is 5.10 Å². The van der Waals surface area contributed by atoms with Crippen molar-refractivity contribution in [3.05, 3.63) is 22.1 Å². The van der Waals surface area contributed by atoms with E-state index >= 15 is 0 Å². The summed E-state index contributed by atoms with van der Waals surface area (Å²) >= 11 is 0. The molecule has 23 heavy (non-hydrogen) atoms. The van der Waals surface area contributed by atoms with Crippen LogP contribution in [0.15, 0.2) is 11.0 Å². The lowest BCUT2D eigenvalue weighted by atomic mass is 10.2. The van der Waals surface area contributed by atoms with Crippen molar-refractivity contribution in [2.24, 2.45) is 0 Å². The lowest BCUT2D eigenvalue weighted by molar-refractivity contribution is -0.138. The highest BCUT2D eigenvalue weighted by Gasteiger charge is 2.37. The summed E-state index contributed by atoms with van der Waals surface area (Å²) in [6, 6.07) is 0. The first-order valence-electron chi connectivity index (χ1n) is 7.17. The van der Waals surface area contributed by atoms with E-state index in [4.69, 9.17) is 4.74 Å². The van der Waals surface area contributed by atoms with Crippen molar-refractivity contribution >= 4 is 11.6 Å². The predicted octanol–water partition coefficient (Wildman–Crippen LogP) is 1.13. The Balaban J connectivity index is 0.00000127. The number of carbonyl (C=O) groups is 1. The minimum absolute atomic E-state index is 0.0119. The average Bonchev–Trinajstić information content (AvgIpc) is 2.90. The van der Waals surface area contributed by atoms with Gasteiger partial charge in [-0.1, -0.05) is 13.8 Å². The second-order valence-corrected chi connectivity index (χ2v) is 4.35. The zero-order valence-corrected chi connectivity index (χ0v) is 12.8. The first-order chi connectivity index (χ1) is 10.9. The lowest BCUT2D eigenvalue weighted by Crippen LogP contribution is -2.28. The van der Waals surface area contributed by atoms with Crippen LogP contribution in [0.25, 0.3) is 0 Å². The molecule has 3 N–H and O–H groups in total. The molecule has 1 unspecified atom stereocenters. The molecule has 2 heterocycles. The minimum Gasteiger partial charge on any atom is -0.381 e. The Morgan fingerprint density at radius 2 is 2.09 bits per heavy atom. The number of carbonyl (C=O) groups excluding carboxylic acids is 1. The summed E-state index contributed by atoms with van der Waals surface area (Å²) in [6.45, 7) is 4.56. The summed E-state index contributed by atoms with van der Waals surface area (Å²) < 4.78 is 43.5. The van der Waals surface area contributed by atoms with Gasteiger partial charge in [0.15, 0.2) is 0 Å². The number of nitrogens with zero attached hydrogens (tertiary/aromatic N) is 1. The molecule has 1 amide bonds. The molecule has 1 atom stereocenters. The average molecular weight is 336 g/mol. The van der Waals surface area contributed by atoms with Crippen LogP contribution in [0.2, 0.25) is 0 Å². The highest BCUT2D eigenvalue weighted by atomic mass is 19.4. The number of rotatable bonds is 5. The number of hydrogen-bond donors (Lipinski definition) is 3. The maximum Gasteiger partial charge on any atom is 0.423 e. The second-order valence-electron chi connectivity index (χ2n) is 4.35. The predicted molar refractivity (Wildman–Crippen MR) is 77.1 cm³/mol. The normalized spacial score (nSPS) is 17.3. The van der Waals surface area contributed by atoms with Crippen molar-refractivity contribution in [1.82, 2.24) is 15.5 Å². The van der Waals surface area contributed by atoms with E-state index in [9.17, 15) is 22.8 Å². The highest BCUT2D eigenvalue weighted by Crippen LogP contribution is 2.31. The SMILES string of the molecule is CC.O=C1NCCC1OCCNc1cn[nH]c(=O)c1C(F)(F)F. The fourth-order valence-electron chi connectivity index (χ4n) is 1.93. The van der Waals surface area contributed by atoms with Crippen LogP contribution >= 0.6 is 0 Å². The molecule has 0 bridgehead atoms. The third-order valence-corrected chi connectivity index (χ3v) is 2.87. The number of anilines is 1. The summed E-state index contributed by atoms with van der Waals surface area (Å²) in [7, 11) is 0. The van der Waals surface area contributed by atoms with Crippen LogP contribution in [0.4, 0.5) is 18.9 Å². The summed E-state index contributed by atoms with van der Waals surface area (Å²) in [5.41, 5.74) is -3.08. The van der Waals surface area contributed by atoms with Gasteiger partial charge in [0.05, 0.1) is 18.5 Å². The van der Waals surface area contributed by atoms with E-state index in [1.165, 1.54) is 0 Å². The van der Waals surface area contributed by atoms with Gasteiger partial charge in [-0.3, -0.25) is 9.59 Å². The number of ether oxygens (including phenoxy) is 1. The van der Waals surface area contributed by atoms with Crippen LogP contribution in [0.5, 0.6) is 0 Å². The van der Waals surface area contributed by atoms with Gasteiger partial charge in [0.25, 0.3) is 5.56 Å². The molecule has 1 aromatic rings. The van der Waals surface area contributed by atoms with E-state index < -0.39 is 29.1 Å². The maximum atomic E-state index is 12.7. The van der Waals surface area contributed by atoms with Gasteiger partial charge in [0, 0.05) is 13.1 Å². The Morgan fingerprint density at radius 1 is 1.39 bits per heavy atom. The number of amides is 1. The van der Waals surface area contributed by atoms with Crippen molar-refractivity contribution in [2.45, 2.75) is 32.5 Å². The Bertz CT molecular complexity index is 574. The van der Waals surface area contributed by atoms with Gasteiger partial charge in [-0.15, -0.1) is 0 Å². The Morgan fingerprint density at radius 3 is 2.65 bits per heavy atom. The first-order valence-corrected chi connectivity index (χ1v) is 7.17. The molecule has 0 saturated carbocycles. The standard InChI is InChI=1S/C11H13F3N4O3.C2H6/c12-11(13,14)8-6(5-17-18-10(8)20)15-3-4-21-7-1-2-16-9(7)19;1-2/h5,7H,1-4H2,(H,16,19)(H2,15,18,20);1-2H3. The van der Waals surface area contributed by atoms with Crippen molar-refractivity contribution in [3.63, 3.8) is 0 Å². The molecule has 1 aliphatic heterocycles. The van der Waals surface area contributed by atoms with Gasteiger partial charge in [-0.2, -0.15) is 18.3 Å². The van der Waals surface area contributed by atoms with Crippen LogP contribution in [0, 0.1) is 0 Å². The van der Waals surface area contributed by atoms with E-state index in [1.807, 2.05) is 13.8 Å². The molecule has 1 fully saturated rings. The van der Waals surface area contributed by atoms with Gasteiger partial charge in [0.2, 0.25) is 5.91 Å². The Kier molecular flexibility index (Phi) is 7.01. The monoisotopic (exact) mass is 336 g/mol. The van der Waals surface area contributed by atoms with Crippen LogP contribution in [0.1, 0.15) is 25.8 Å². The molecule has 1 aliphatic rings. The molecule has 130 valence electrons. The number of aromatic amines is 1. The molecular weight excluding hydrogens is 317 g/mol. The van der Waals surface area contributed by atoms with Gasteiger partial charge in [0.1, 0.15) is 11.7 Å². The Hall–Kier alpha value is -2.10. The van der Waals surface area contributed by atoms with Crippen LogP contribution in [0.3, 0.4) is 0 Å². The van der Waals surface area contributed by atoms with Gasteiger partial charge < -0.3 is 15.4 Å². The smallest absolute Gasteiger partial charge is 0.381 e. The van der Waals surface area contributed by atoms with Crippen LogP contribution in [-0.2, 0) is 15.7 Å². The lowest BCUT2D eigenvalue weighted by Gasteiger charge is -2.13. The first kappa shape index (κ1) is 18.9. The van der Waals surface area contributed by atoms with Crippen LogP contribution in [-0.4, -0.2) is 41.9 Å². The topological polar surface area (TPSA) is 96.1 Å². The zero-order valence-electron chi connectivity index (χ0n) is 12.8. The fourth-order valence-corrected chi connectivity index (χ4v) is 1.93. The number of H-pyrrole nitrogens is 1. The van der Waals surface area contributed by atoms with Crippen molar-refractivity contribution in [1.29, 1.82) is 0 Å². The largest absolute Gasteiger partial charge is 0.423 e. The molecule has 0 aromatic carbocycles. The van der Waals surface area contributed by atoms with Gasteiger partial charge in [-0.05, 0) is 6.42 Å². The number of halogens is 3. The van der Waals surface area contributed by atoms with E-state index in [2.05, 4.69) is 15.7 Å². The maximum absolute atomic E-state index is 12.7. The highest BCUT2D eigenvalue weighted by molar-refractivity contribution is 5.82. The van der Waals surface area contributed by atoms with Crippen molar-refractivity contribution in [2.75, 3.05) is 25.0 Å². The Labute approximate surface area is 130 Å². The van der Waals surface area contributed by atoms with Gasteiger partial charge >= 0.3 is 6.18 Å². The molecule has 0 spiro atoms. The molecule has 0 radical (unpaired) electrons. The molecule has 10 heteroatoms. The number of hydrogen-bond acceptors (Lipinski definition) is 5. The second kappa shape index (κ2) is 8.51. The zero-order chi connectivity index (χ0) is 17.5.